The Morgan fingerprint density at radius 3 is 2.29 bits per heavy atom. The molecule has 2 N–H and O–H groups in total. The first-order valence-electron chi connectivity index (χ1n) is 8.15. The Labute approximate surface area is 162 Å². The van der Waals surface area contributed by atoms with Crippen LogP contribution in [-0.4, -0.2) is 34.4 Å². The molecule has 0 radical (unpaired) electrons. The second-order valence-corrected chi connectivity index (χ2v) is 9.71. The number of rotatable bonds is 5. The number of carbonyl (C=O) groups is 2. The van der Waals surface area contributed by atoms with Gasteiger partial charge in [-0.3, -0.25) is 14.3 Å². The van der Waals surface area contributed by atoms with E-state index < -0.39 is 26.0 Å². The third kappa shape index (κ3) is 4.15. The zero-order chi connectivity index (χ0) is 20.5. The Kier molecular flexibility index (Phi) is 5.13. The standard InChI is InChI=1S/C17H17N3O6S2/c1-12(21)18-13-3-2-4-14(11-13)19-28(25,26)16-7-5-15(6-8-16)20-17(22)9-10-27(20,23)24/h2-8,11,19H,9-10H2,1H3,(H,18,21). The molecule has 1 heterocycles. The molecule has 2 amide bonds. The first-order valence-corrected chi connectivity index (χ1v) is 11.2. The van der Waals surface area contributed by atoms with E-state index in [0.29, 0.717) is 9.99 Å². The van der Waals surface area contributed by atoms with Crippen molar-refractivity contribution in [3.63, 3.8) is 0 Å². The fourth-order valence-corrected chi connectivity index (χ4v) is 5.22. The average molecular weight is 423 g/mol. The molecular formula is C17H17N3O6S2. The van der Waals surface area contributed by atoms with Crippen LogP contribution < -0.4 is 14.3 Å². The van der Waals surface area contributed by atoms with Crippen LogP contribution in [0.1, 0.15) is 13.3 Å². The molecule has 0 bridgehead atoms. The highest BCUT2D eigenvalue weighted by Crippen LogP contribution is 2.27. The van der Waals surface area contributed by atoms with Crippen LogP contribution in [0.15, 0.2) is 53.4 Å². The maximum atomic E-state index is 12.6. The zero-order valence-electron chi connectivity index (χ0n) is 14.7. The number of hydrogen-bond acceptors (Lipinski definition) is 6. The number of carbonyl (C=O) groups excluding carboxylic acids is 2. The van der Waals surface area contributed by atoms with Gasteiger partial charge in [0.15, 0.2) is 0 Å². The third-order valence-corrected chi connectivity index (χ3v) is 6.98. The largest absolute Gasteiger partial charge is 0.326 e. The quantitative estimate of drug-likeness (QED) is 0.750. The summed E-state index contributed by atoms with van der Waals surface area (Å²) in [6, 6.07) is 11.1. The summed E-state index contributed by atoms with van der Waals surface area (Å²) >= 11 is 0. The van der Waals surface area contributed by atoms with Gasteiger partial charge < -0.3 is 5.32 Å². The summed E-state index contributed by atoms with van der Waals surface area (Å²) in [6.45, 7) is 1.34. The van der Waals surface area contributed by atoms with E-state index in [-0.39, 0.29) is 34.4 Å². The normalized spacial score (nSPS) is 16.0. The number of anilines is 3. The molecule has 0 unspecified atom stereocenters. The lowest BCUT2D eigenvalue weighted by Crippen LogP contribution is -2.29. The molecule has 2 aromatic carbocycles. The van der Waals surface area contributed by atoms with E-state index in [1.54, 1.807) is 12.1 Å². The van der Waals surface area contributed by atoms with E-state index in [4.69, 9.17) is 0 Å². The molecule has 0 aromatic heterocycles. The summed E-state index contributed by atoms with van der Waals surface area (Å²) in [5, 5.41) is 2.55. The predicted octanol–water partition coefficient (Wildman–Crippen LogP) is 1.51. The number of sulfonamides is 2. The summed E-state index contributed by atoms with van der Waals surface area (Å²) in [5.74, 6) is -1.11. The first-order chi connectivity index (χ1) is 13.1. The van der Waals surface area contributed by atoms with Gasteiger partial charge in [-0.25, -0.2) is 21.1 Å². The molecule has 28 heavy (non-hydrogen) atoms. The lowest BCUT2D eigenvalue weighted by Gasteiger charge is -2.15. The van der Waals surface area contributed by atoms with Crippen molar-refractivity contribution in [1.29, 1.82) is 0 Å². The van der Waals surface area contributed by atoms with E-state index >= 15 is 0 Å². The Bertz CT molecular complexity index is 1140. The van der Waals surface area contributed by atoms with Crippen LogP contribution in [0, 0.1) is 0 Å². The summed E-state index contributed by atoms with van der Waals surface area (Å²) in [4.78, 5) is 22.8. The monoisotopic (exact) mass is 423 g/mol. The van der Waals surface area contributed by atoms with Gasteiger partial charge in [-0.1, -0.05) is 6.07 Å². The Hall–Kier alpha value is -2.92. The minimum Gasteiger partial charge on any atom is -0.326 e. The van der Waals surface area contributed by atoms with Gasteiger partial charge in [0.2, 0.25) is 21.8 Å². The van der Waals surface area contributed by atoms with Crippen molar-refractivity contribution in [1.82, 2.24) is 0 Å². The van der Waals surface area contributed by atoms with Crippen LogP contribution in [-0.2, 0) is 29.6 Å². The summed E-state index contributed by atoms with van der Waals surface area (Å²) in [5.41, 5.74) is 0.766. The van der Waals surface area contributed by atoms with Crippen LogP contribution in [0.4, 0.5) is 17.1 Å². The average Bonchev–Trinajstić information content (AvgIpc) is 2.87. The van der Waals surface area contributed by atoms with Crippen molar-refractivity contribution in [2.24, 2.45) is 0 Å². The minimum absolute atomic E-state index is 0.0918. The molecule has 0 spiro atoms. The van der Waals surface area contributed by atoms with Gasteiger partial charge in [-0.05, 0) is 42.5 Å². The highest BCUT2D eigenvalue weighted by Gasteiger charge is 2.36. The van der Waals surface area contributed by atoms with Crippen LogP contribution in [0.3, 0.4) is 0 Å². The third-order valence-electron chi connectivity index (χ3n) is 3.90. The molecule has 1 saturated heterocycles. The highest BCUT2D eigenvalue weighted by molar-refractivity contribution is 7.94. The fraction of sp³-hybridized carbons (Fsp3) is 0.176. The van der Waals surface area contributed by atoms with E-state index in [9.17, 15) is 26.4 Å². The Balaban J connectivity index is 1.83. The molecular weight excluding hydrogens is 406 g/mol. The van der Waals surface area contributed by atoms with E-state index in [1.165, 1.54) is 43.3 Å². The second kappa shape index (κ2) is 7.24. The van der Waals surface area contributed by atoms with Gasteiger partial charge in [-0.15, -0.1) is 0 Å². The molecule has 0 saturated carbocycles. The van der Waals surface area contributed by atoms with Gasteiger partial charge >= 0.3 is 0 Å². The molecule has 0 atom stereocenters. The molecule has 0 aliphatic carbocycles. The number of hydrogen-bond donors (Lipinski definition) is 2. The lowest BCUT2D eigenvalue weighted by atomic mass is 10.3. The van der Waals surface area contributed by atoms with Crippen molar-refractivity contribution in [3.05, 3.63) is 48.5 Å². The Morgan fingerprint density at radius 2 is 1.71 bits per heavy atom. The number of benzene rings is 2. The molecule has 1 aliphatic rings. The van der Waals surface area contributed by atoms with Gasteiger partial charge in [0.05, 0.1) is 22.0 Å². The van der Waals surface area contributed by atoms with Crippen molar-refractivity contribution >= 4 is 48.9 Å². The molecule has 11 heteroatoms. The van der Waals surface area contributed by atoms with Crippen LogP contribution >= 0.6 is 0 Å². The summed E-state index contributed by atoms with van der Waals surface area (Å²) < 4.78 is 52.1. The van der Waals surface area contributed by atoms with E-state index in [0.717, 1.165) is 0 Å². The molecule has 1 aliphatic heterocycles. The second-order valence-electron chi connectivity index (χ2n) is 6.09. The Morgan fingerprint density at radius 1 is 1.07 bits per heavy atom. The van der Waals surface area contributed by atoms with Crippen molar-refractivity contribution < 1.29 is 26.4 Å². The highest BCUT2D eigenvalue weighted by atomic mass is 32.2. The molecule has 2 aromatic rings. The maximum absolute atomic E-state index is 12.6. The van der Waals surface area contributed by atoms with Crippen molar-refractivity contribution in [3.8, 4) is 0 Å². The predicted molar refractivity (Wildman–Crippen MR) is 104 cm³/mol. The SMILES string of the molecule is CC(=O)Nc1cccc(NS(=O)(=O)c2ccc(N3C(=O)CCS3(=O)=O)cc2)c1. The molecule has 148 valence electrons. The van der Waals surface area contributed by atoms with Crippen molar-refractivity contribution in [2.75, 3.05) is 20.1 Å². The summed E-state index contributed by atoms with van der Waals surface area (Å²) in [6.07, 6.45) is -0.103. The van der Waals surface area contributed by atoms with E-state index in [1.807, 2.05) is 0 Å². The van der Waals surface area contributed by atoms with Crippen LogP contribution in [0.5, 0.6) is 0 Å². The molecule has 1 fully saturated rings. The zero-order valence-corrected chi connectivity index (χ0v) is 16.4. The van der Waals surface area contributed by atoms with Crippen LogP contribution in [0.25, 0.3) is 0 Å². The summed E-state index contributed by atoms with van der Waals surface area (Å²) in [7, 11) is -7.67. The number of nitrogens with zero attached hydrogens (tertiary/aromatic N) is 1. The van der Waals surface area contributed by atoms with Gasteiger partial charge in [0, 0.05) is 19.0 Å². The number of nitrogens with one attached hydrogen (secondary N) is 2. The molecule has 9 nitrogen and oxygen atoms in total. The van der Waals surface area contributed by atoms with Crippen LogP contribution in [0.2, 0.25) is 0 Å². The van der Waals surface area contributed by atoms with E-state index in [2.05, 4.69) is 10.0 Å². The van der Waals surface area contributed by atoms with Gasteiger partial charge in [0.1, 0.15) is 0 Å². The minimum atomic E-state index is -3.96. The number of amides is 2. The first kappa shape index (κ1) is 19.8. The lowest BCUT2D eigenvalue weighted by molar-refractivity contribution is -0.116. The fourth-order valence-electron chi connectivity index (χ4n) is 2.71. The topological polar surface area (TPSA) is 130 Å². The maximum Gasteiger partial charge on any atom is 0.261 e. The van der Waals surface area contributed by atoms with Crippen molar-refractivity contribution in [2.45, 2.75) is 18.2 Å². The molecule has 3 rings (SSSR count). The van der Waals surface area contributed by atoms with Gasteiger partial charge in [-0.2, -0.15) is 0 Å². The van der Waals surface area contributed by atoms with Gasteiger partial charge in [0.25, 0.3) is 10.0 Å². The smallest absolute Gasteiger partial charge is 0.261 e.